The lowest BCUT2D eigenvalue weighted by Gasteiger charge is -1.99. The molecule has 0 bridgehead atoms. The first-order valence-corrected chi connectivity index (χ1v) is 5.41. The predicted octanol–water partition coefficient (Wildman–Crippen LogP) is 3.66. The van der Waals surface area contributed by atoms with Crippen LogP contribution in [0.5, 0.6) is 0 Å². The smallest absolute Gasteiger partial charge is 0.358 e. The molecule has 0 saturated heterocycles. The summed E-state index contributed by atoms with van der Waals surface area (Å²) in [7, 11) is 0. The highest BCUT2D eigenvalue weighted by atomic mass is 35.5. The van der Waals surface area contributed by atoms with Crippen LogP contribution in [0.2, 0.25) is 10.0 Å². The Bertz CT molecular complexity index is 592. The van der Waals surface area contributed by atoms with Gasteiger partial charge < -0.3 is 9.52 Å². The molecule has 1 N–H and O–H groups in total. The number of halogens is 2. The van der Waals surface area contributed by atoms with E-state index in [0.29, 0.717) is 15.6 Å². The zero-order chi connectivity index (χ0) is 12.6. The van der Waals surface area contributed by atoms with E-state index in [2.05, 4.69) is 4.98 Å². The van der Waals surface area contributed by atoms with Gasteiger partial charge in [-0.15, -0.1) is 0 Å². The second kappa shape index (κ2) is 4.39. The van der Waals surface area contributed by atoms with Gasteiger partial charge in [-0.2, -0.15) is 0 Å². The molecule has 0 unspecified atom stereocenters. The number of carboxylic acid groups (broad SMARTS) is 1. The molecule has 0 aliphatic rings. The Balaban J connectivity index is 2.57. The van der Waals surface area contributed by atoms with Crippen LogP contribution in [0, 0.1) is 6.92 Å². The molecule has 2 aromatic rings. The summed E-state index contributed by atoms with van der Waals surface area (Å²) in [6, 6.07) is 4.79. The summed E-state index contributed by atoms with van der Waals surface area (Å²) in [5.74, 6) is -0.772. The minimum atomic E-state index is -1.14. The number of carbonyl (C=O) groups is 1. The van der Waals surface area contributed by atoms with Crippen LogP contribution in [-0.2, 0) is 0 Å². The number of aryl methyl sites for hydroxylation is 1. The van der Waals surface area contributed by atoms with Crippen LogP contribution in [0.1, 0.15) is 16.2 Å². The first kappa shape index (κ1) is 12.0. The van der Waals surface area contributed by atoms with Crippen LogP contribution in [0.3, 0.4) is 0 Å². The molecule has 0 atom stereocenters. The molecule has 4 nitrogen and oxygen atoms in total. The van der Waals surface area contributed by atoms with Crippen LogP contribution < -0.4 is 0 Å². The minimum Gasteiger partial charge on any atom is -0.476 e. The van der Waals surface area contributed by atoms with Gasteiger partial charge in [0.2, 0.25) is 5.89 Å². The second-order valence-corrected chi connectivity index (χ2v) is 4.20. The third-order valence-electron chi connectivity index (χ3n) is 2.16. The largest absolute Gasteiger partial charge is 0.476 e. The number of nitrogens with zero attached hydrogens (tertiary/aromatic N) is 1. The summed E-state index contributed by atoms with van der Waals surface area (Å²) in [4.78, 5) is 14.7. The van der Waals surface area contributed by atoms with E-state index in [9.17, 15) is 4.79 Å². The molecule has 1 aromatic heterocycles. The summed E-state index contributed by atoms with van der Waals surface area (Å²) in [5.41, 5.74) is 0.339. The van der Waals surface area contributed by atoms with Gasteiger partial charge in [0.15, 0.2) is 5.69 Å². The number of benzene rings is 1. The van der Waals surface area contributed by atoms with Gasteiger partial charge >= 0.3 is 5.97 Å². The van der Waals surface area contributed by atoms with E-state index in [0.717, 1.165) is 0 Å². The van der Waals surface area contributed by atoms with Crippen molar-refractivity contribution in [2.45, 2.75) is 6.92 Å². The van der Waals surface area contributed by atoms with Gasteiger partial charge in [-0.1, -0.05) is 23.2 Å². The molecule has 0 aliphatic carbocycles. The highest BCUT2D eigenvalue weighted by molar-refractivity contribution is 6.35. The van der Waals surface area contributed by atoms with E-state index < -0.39 is 5.97 Å². The molecule has 2 rings (SSSR count). The highest BCUT2D eigenvalue weighted by Gasteiger charge is 2.18. The van der Waals surface area contributed by atoms with Crippen LogP contribution in [-0.4, -0.2) is 16.1 Å². The maximum atomic E-state index is 10.8. The molecule has 17 heavy (non-hydrogen) atoms. The predicted molar refractivity (Wildman–Crippen MR) is 63.7 cm³/mol. The number of oxazole rings is 1. The molecule has 0 spiro atoms. The number of hydrogen-bond acceptors (Lipinski definition) is 3. The first-order chi connectivity index (χ1) is 7.99. The zero-order valence-corrected chi connectivity index (χ0v) is 10.2. The van der Waals surface area contributed by atoms with E-state index in [-0.39, 0.29) is 17.3 Å². The molecule has 0 fully saturated rings. The van der Waals surface area contributed by atoms with Crippen molar-refractivity contribution in [3.8, 4) is 11.5 Å². The molecule has 88 valence electrons. The number of rotatable bonds is 2. The minimum absolute atomic E-state index is 0.129. The van der Waals surface area contributed by atoms with Gasteiger partial charge in [0.25, 0.3) is 0 Å². The van der Waals surface area contributed by atoms with Gasteiger partial charge in [-0.05, 0) is 25.1 Å². The van der Waals surface area contributed by atoms with E-state index in [1.54, 1.807) is 18.2 Å². The Morgan fingerprint density at radius 1 is 1.41 bits per heavy atom. The van der Waals surface area contributed by atoms with Crippen molar-refractivity contribution < 1.29 is 14.3 Å². The van der Waals surface area contributed by atoms with Crippen molar-refractivity contribution in [1.82, 2.24) is 4.98 Å². The van der Waals surface area contributed by atoms with Crippen LogP contribution in [0.25, 0.3) is 11.5 Å². The average molecular weight is 272 g/mol. The van der Waals surface area contributed by atoms with Crippen LogP contribution >= 0.6 is 23.2 Å². The molecule has 1 aromatic carbocycles. The third-order valence-corrected chi connectivity index (χ3v) is 2.72. The maximum absolute atomic E-state index is 10.8. The average Bonchev–Trinajstić information content (AvgIpc) is 2.64. The fourth-order valence-corrected chi connectivity index (χ4v) is 1.74. The molecular weight excluding hydrogens is 265 g/mol. The summed E-state index contributed by atoms with van der Waals surface area (Å²) < 4.78 is 5.26. The topological polar surface area (TPSA) is 63.3 Å². The van der Waals surface area contributed by atoms with Gasteiger partial charge in [0.05, 0.1) is 10.6 Å². The van der Waals surface area contributed by atoms with Crippen molar-refractivity contribution in [2.75, 3.05) is 0 Å². The SMILES string of the molecule is Cc1oc(-c2cc(Cl)ccc2Cl)nc1C(=O)O. The lowest BCUT2D eigenvalue weighted by molar-refractivity contribution is 0.0689. The Morgan fingerprint density at radius 2 is 2.12 bits per heavy atom. The van der Waals surface area contributed by atoms with Crippen molar-refractivity contribution in [1.29, 1.82) is 0 Å². The van der Waals surface area contributed by atoms with E-state index in [1.807, 2.05) is 0 Å². The van der Waals surface area contributed by atoms with Crippen LogP contribution in [0.4, 0.5) is 0 Å². The monoisotopic (exact) mass is 271 g/mol. The number of aromatic carboxylic acids is 1. The summed E-state index contributed by atoms with van der Waals surface area (Å²) in [6.45, 7) is 1.53. The van der Waals surface area contributed by atoms with Gasteiger partial charge in [-0.25, -0.2) is 9.78 Å². The second-order valence-electron chi connectivity index (χ2n) is 3.35. The summed E-state index contributed by atoms with van der Waals surface area (Å²) >= 11 is 11.8. The third kappa shape index (κ3) is 2.28. The fourth-order valence-electron chi connectivity index (χ4n) is 1.37. The number of aromatic nitrogens is 1. The van der Waals surface area contributed by atoms with Gasteiger partial charge in [0.1, 0.15) is 5.76 Å². The molecule has 0 radical (unpaired) electrons. The van der Waals surface area contributed by atoms with Crippen molar-refractivity contribution in [3.05, 3.63) is 39.7 Å². The molecular formula is C11H7Cl2NO3. The maximum Gasteiger partial charge on any atom is 0.358 e. The summed E-state index contributed by atoms with van der Waals surface area (Å²) in [6.07, 6.45) is 0. The van der Waals surface area contributed by atoms with E-state index >= 15 is 0 Å². The lowest BCUT2D eigenvalue weighted by Crippen LogP contribution is -1.98. The molecule has 6 heteroatoms. The Labute approximate surface area is 107 Å². The molecule has 1 heterocycles. The standard InChI is InChI=1S/C11H7Cl2NO3/c1-5-9(11(15)16)14-10(17-5)7-4-6(12)2-3-8(7)13/h2-4H,1H3,(H,15,16). The van der Waals surface area contributed by atoms with E-state index in [4.69, 9.17) is 32.7 Å². The fraction of sp³-hybridized carbons (Fsp3) is 0.0909. The van der Waals surface area contributed by atoms with E-state index in [1.165, 1.54) is 6.92 Å². The van der Waals surface area contributed by atoms with Crippen LogP contribution in [0.15, 0.2) is 22.6 Å². The quantitative estimate of drug-likeness (QED) is 0.906. The lowest BCUT2D eigenvalue weighted by atomic mass is 10.2. The van der Waals surface area contributed by atoms with Gasteiger partial charge in [0, 0.05) is 5.02 Å². The van der Waals surface area contributed by atoms with Crippen molar-refractivity contribution in [3.63, 3.8) is 0 Å². The normalized spacial score (nSPS) is 10.5. The number of carboxylic acids is 1. The Hall–Kier alpha value is -1.52. The highest BCUT2D eigenvalue weighted by Crippen LogP contribution is 2.31. The van der Waals surface area contributed by atoms with Crippen molar-refractivity contribution in [2.24, 2.45) is 0 Å². The Kier molecular flexibility index (Phi) is 3.09. The molecule has 0 aliphatic heterocycles. The van der Waals surface area contributed by atoms with Crippen molar-refractivity contribution >= 4 is 29.2 Å². The van der Waals surface area contributed by atoms with Gasteiger partial charge in [-0.3, -0.25) is 0 Å². The summed E-state index contributed by atoms with van der Waals surface area (Å²) in [5, 5.41) is 9.73. The first-order valence-electron chi connectivity index (χ1n) is 4.65. The number of hydrogen-bond donors (Lipinski definition) is 1. The Morgan fingerprint density at radius 3 is 2.71 bits per heavy atom. The molecule has 0 saturated carbocycles. The zero-order valence-electron chi connectivity index (χ0n) is 8.70. The molecule has 0 amide bonds.